The molecule has 0 bridgehead atoms. The molecule has 10 heteroatoms. The number of sulfonamides is 1. The molecule has 9 nitrogen and oxygen atoms in total. The molecule has 0 spiro atoms. The largest absolute Gasteiger partial charge is 0.381 e. The summed E-state index contributed by atoms with van der Waals surface area (Å²) in [6, 6.07) is 9.86. The zero-order valence-corrected chi connectivity index (χ0v) is 18.2. The van der Waals surface area contributed by atoms with E-state index in [-0.39, 0.29) is 22.2 Å². The first-order chi connectivity index (χ1) is 14.7. The summed E-state index contributed by atoms with van der Waals surface area (Å²) < 4.78 is 33.0. The Hall–Kier alpha value is -2.98. The van der Waals surface area contributed by atoms with Gasteiger partial charge in [-0.1, -0.05) is 6.07 Å². The molecule has 166 valence electrons. The number of ether oxygens (including phenoxy) is 1. The molecule has 0 radical (unpaired) electrons. The first-order valence-electron chi connectivity index (χ1n) is 9.96. The lowest BCUT2D eigenvalue weighted by Gasteiger charge is -2.24. The third kappa shape index (κ3) is 5.39. The molecule has 1 amide bonds. The molecule has 1 heterocycles. The quantitative estimate of drug-likeness (QED) is 0.490. The molecule has 2 aromatic carbocycles. The first kappa shape index (κ1) is 22.7. The van der Waals surface area contributed by atoms with Gasteiger partial charge >= 0.3 is 0 Å². The van der Waals surface area contributed by atoms with Crippen LogP contribution in [0.1, 0.15) is 29.3 Å². The third-order valence-corrected chi connectivity index (χ3v) is 6.62. The van der Waals surface area contributed by atoms with E-state index in [1.165, 1.54) is 31.2 Å². The third-order valence-electron chi connectivity index (χ3n) is 5.24. The van der Waals surface area contributed by atoms with Crippen molar-refractivity contribution in [2.45, 2.75) is 25.2 Å². The van der Waals surface area contributed by atoms with Gasteiger partial charge in [-0.05, 0) is 50.6 Å². The van der Waals surface area contributed by atoms with Gasteiger partial charge in [0.15, 0.2) is 0 Å². The van der Waals surface area contributed by atoms with Crippen LogP contribution in [0.4, 0.5) is 11.4 Å². The van der Waals surface area contributed by atoms with Gasteiger partial charge in [0.25, 0.3) is 21.6 Å². The van der Waals surface area contributed by atoms with Crippen molar-refractivity contribution < 1.29 is 22.9 Å². The summed E-state index contributed by atoms with van der Waals surface area (Å²) >= 11 is 0. The van der Waals surface area contributed by atoms with E-state index in [1.54, 1.807) is 17.0 Å². The Morgan fingerprint density at radius 1 is 1.26 bits per heavy atom. The van der Waals surface area contributed by atoms with Gasteiger partial charge in [-0.3, -0.25) is 19.6 Å². The van der Waals surface area contributed by atoms with Crippen molar-refractivity contribution in [2.75, 3.05) is 31.0 Å². The molecule has 3 rings (SSSR count). The minimum atomic E-state index is -4.02. The second-order valence-corrected chi connectivity index (χ2v) is 9.14. The normalized spacial score (nSPS) is 16.1. The average Bonchev–Trinajstić information content (AvgIpc) is 3.25. The Morgan fingerprint density at radius 2 is 1.97 bits per heavy atom. The van der Waals surface area contributed by atoms with Gasteiger partial charge in [0.2, 0.25) is 0 Å². The van der Waals surface area contributed by atoms with Gasteiger partial charge in [0.1, 0.15) is 0 Å². The zero-order valence-electron chi connectivity index (χ0n) is 17.4. The SMILES string of the molecule is CCN(CC1CCOC1)C(=O)c1ccc(NS(=O)(=O)c2ccc(C)c([N+](=O)[O-])c2)cc1. The molecule has 0 aromatic heterocycles. The van der Waals surface area contributed by atoms with Crippen LogP contribution in [0.2, 0.25) is 0 Å². The standard InChI is InChI=1S/C21H25N3O6S/c1-3-23(13-16-10-11-30-14-16)21(25)17-5-7-18(8-6-17)22-31(28,29)19-9-4-15(2)20(12-19)24(26)27/h4-9,12,16,22H,3,10-11,13-14H2,1-2H3. The summed E-state index contributed by atoms with van der Waals surface area (Å²) in [6.07, 6.45) is 0.932. The number of nitrogens with zero attached hydrogens (tertiary/aromatic N) is 2. The number of amides is 1. The highest BCUT2D eigenvalue weighted by molar-refractivity contribution is 7.92. The number of anilines is 1. The topological polar surface area (TPSA) is 119 Å². The van der Waals surface area contributed by atoms with Crippen LogP contribution in [-0.2, 0) is 14.8 Å². The van der Waals surface area contributed by atoms with E-state index >= 15 is 0 Å². The number of carbonyl (C=O) groups is 1. The van der Waals surface area contributed by atoms with Crippen molar-refractivity contribution in [3.63, 3.8) is 0 Å². The zero-order chi connectivity index (χ0) is 22.6. The average molecular weight is 448 g/mol. The number of benzene rings is 2. The highest BCUT2D eigenvalue weighted by Gasteiger charge is 2.23. The lowest BCUT2D eigenvalue weighted by Crippen LogP contribution is -2.35. The van der Waals surface area contributed by atoms with E-state index in [4.69, 9.17) is 4.74 Å². The van der Waals surface area contributed by atoms with E-state index in [0.717, 1.165) is 19.1 Å². The highest BCUT2D eigenvalue weighted by atomic mass is 32.2. The second-order valence-electron chi connectivity index (χ2n) is 7.46. The Kier molecular flexibility index (Phi) is 6.91. The minimum absolute atomic E-state index is 0.127. The second kappa shape index (κ2) is 9.44. The Labute approximate surface area is 181 Å². The predicted molar refractivity (Wildman–Crippen MR) is 116 cm³/mol. The fourth-order valence-electron chi connectivity index (χ4n) is 3.43. The molecule has 2 aromatic rings. The van der Waals surface area contributed by atoms with Gasteiger partial charge in [0.05, 0.1) is 16.4 Å². The number of nitrogens with one attached hydrogen (secondary N) is 1. The van der Waals surface area contributed by atoms with Gasteiger partial charge in [-0.25, -0.2) is 8.42 Å². The fraction of sp³-hybridized carbons (Fsp3) is 0.381. The smallest absolute Gasteiger partial charge is 0.273 e. The Morgan fingerprint density at radius 3 is 2.55 bits per heavy atom. The summed E-state index contributed by atoms with van der Waals surface area (Å²) in [5.41, 5.74) is 0.814. The fourth-order valence-corrected chi connectivity index (χ4v) is 4.50. The van der Waals surface area contributed by atoms with Gasteiger partial charge < -0.3 is 9.64 Å². The maximum atomic E-state index is 12.8. The van der Waals surface area contributed by atoms with Crippen LogP contribution in [0, 0.1) is 23.0 Å². The first-order valence-corrected chi connectivity index (χ1v) is 11.4. The number of hydrogen-bond acceptors (Lipinski definition) is 6. The molecule has 1 aliphatic rings. The summed E-state index contributed by atoms with van der Waals surface area (Å²) in [7, 11) is -4.02. The molecule has 1 N–H and O–H groups in total. The summed E-state index contributed by atoms with van der Waals surface area (Å²) in [4.78, 5) is 24.8. The van der Waals surface area contributed by atoms with Crippen LogP contribution in [-0.4, -0.2) is 50.5 Å². The van der Waals surface area contributed by atoms with Gasteiger partial charge in [-0.2, -0.15) is 0 Å². The van der Waals surface area contributed by atoms with Crippen LogP contribution >= 0.6 is 0 Å². The maximum absolute atomic E-state index is 12.8. The minimum Gasteiger partial charge on any atom is -0.381 e. The van der Waals surface area contributed by atoms with E-state index in [1.807, 2.05) is 6.92 Å². The summed E-state index contributed by atoms with van der Waals surface area (Å²) in [6.45, 7) is 6.01. The molecule has 1 aliphatic heterocycles. The van der Waals surface area contributed by atoms with Crippen molar-refractivity contribution >= 4 is 27.3 Å². The molecule has 1 unspecified atom stereocenters. The van der Waals surface area contributed by atoms with E-state index in [2.05, 4.69) is 4.72 Å². The molecule has 1 fully saturated rings. The van der Waals surface area contributed by atoms with Crippen molar-refractivity contribution in [2.24, 2.45) is 5.92 Å². The monoisotopic (exact) mass is 447 g/mol. The summed E-state index contributed by atoms with van der Waals surface area (Å²) in [5, 5.41) is 11.1. The van der Waals surface area contributed by atoms with Crippen molar-refractivity contribution in [3.8, 4) is 0 Å². The van der Waals surface area contributed by atoms with Crippen LogP contribution in [0.5, 0.6) is 0 Å². The highest BCUT2D eigenvalue weighted by Crippen LogP contribution is 2.24. The van der Waals surface area contributed by atoms with Crippen LogP contribution in [0.15, 0.2) is 47.4 Å². The van der Waals surface area contributed by atoms with E-state index in [9.17, 15) is 23.3 Å². The van der Waals surface area contributed by atoms with Crippen molar-refractivity contribution in [1.29, 1.82) is 0 Å². The van der Waals surface area contributed by atoms with Crippen LogP contribution in [0.25, 0.3) is 0 Å². The van der Waals surface area contributed by atoms with Crippen molar-refractivity contribution in [3.05, 3.63) is 63.7 Å². The molecule has 1 saturated heterocycles. The lowest BCUT2D eigenvalue weighted by atomic mass is 10.1. The number of aryl methyl sites for hydroxylation is 1. The molecular weight excluding hydrogens is 422 g/mol. The Bertz CT molecular complexity index is 1060. The number of nitro groups is 1. The van der Waals surface area contributed by atoms with Crippen LogP contribution < -0.4 is 4.72 Å². The molecule has 0 aliphatic carbocycles. The molecule has 31 heavy (non-hydrogen) atoms. The van der Waals surface area contributed by atoms with E-state index < -0.39 is 14.9 Å². The lowest BCUT2D eigenvalue weighted by molar-refractivity contribution is -0.385. The number of nitro benzene ring substituents is 1. The molecule has 1 atom stereocenters. The maximum Gasteiger partial charge on any atom is 0.273 e. The van der Waals surface area contributed by atoms with Gasteiger partial charge in [0, 0.05) is 48.5 Å². The Balaban J connectivity index is 1.73. The molecule has 0 saturated carbocycles. The number of rotatable bonds is 8. The van der Waals surface area contributed by atoms with Crippen molar-refractivity contribution in [1.82, 2.24) is 4.90 Å². The van der Waals surface area contributed by atoms with E-state index in [0.29, 0.717) is 36.7 Å². The summed E-state index contributed by atoms with van der Waals surface area (Å²) in [5.74, 6) is 0.200. The van der Waals surface area contributed by atoms with Gasteiger partial charge in [-0.15, -0.1) is 0 Å². The molecular formula is C21H25N3O6S. The number of hydrogen-bond donors (Lipinski definition) is 1. The number of carbonyl (C=O) groups excluding carboxylic acids is 1. The predicted octanol–water partition coefficient (Wildman–Crippen LogP) is 3.20. The van der Waals surface area contributed by atoms with Crippen LogP contribution in [0.3, 0.4) is 0 Å².